The number of aromatic amines is 1. The molecule has 0 saturated carbocycles. The zero-order valence-electron chi connectivity index (χ0n) is 7.92. The van der Waals surface area contributed by atoms with E-state index < -0.39 is 0 Å². The van der Waals surface area contributed by atoms with Gasteiger partial charge in [0.15, 0.2) is 6.20 Å². The van der Waals surface area contributed by atoms with Gasteiger partial charge in [0.05, 0.1) is 0 Å². The number of rotatable bonds is 5. The summed E-state index contributed by atoms with van der Waals surface area (Å²) in [5, 5.41) is 0. The third-order valence-electron chi connectivity index (χ3n) is 1.81. The van der Waals surface area contributed by atoms with Crippen molar-refractivity contribution in [2.24, 2.45) is 0 Å². The van der Waals surface area contributed by atoms with E-state index in [0.717, 1.165) is 19.3 Å². The van der Waals surface area contributed by atoms with Crippen LogP contribution in [-0.4, -0.2) is 10.9 Å². The van der Waals surface area contributed by atoms with Crippen LogP contribution in [0.15, 0.2) is 18.7 Å². The highest BCUT2D eigenvalue weighted by atomic mass is 16.2. The van der Waals surface area contributed by atoms with Gasteiger partial charge in [-0.15, -0.1) is 4.68 Å². The predicted octanol–water partition coefficient (Wildman–Crippen LogP) is 0.953. The number of imidazole rings is 1. The smallest absolute Gasteiger partial charge is 0.265 e. The fourth-order valence-corrected chi connectivity index (χ4v) is 1.09. The molecule has 0 fully saturated rings. The molecule has 0 aliphatic heterocycles. The normalized spacial score (nSPS) is 9.92. The molecule has 2 N–H and O–H groups in total. The lowest BCUT2D eigenvalue weighted by molar-refractivity contribution is -0.640. The number of amides is 1. The molecule has 0 aliphatic carbocycles. The van der Waals surface area contributed by atoms with Crippen LogP contribution in [0.5, 0.6) is 0 Å². The summed E-state index contributed by atoms with van der Waals surface area (Å²) >= 11 is 0. The Bertz CT molecular complexity index is 243. The predicted molar refractivity (Wildman–Crippen MR) is 49.5 cm³/mol. The van der Waals surface area contributed by atoms with Crippen molar-refractivity contribution in [2.45, 2.75) is 32.6 Å². The minimum absolute atomic E-state index is 0.0676. The van der Waals surface area contributed by atoms with E-state index in [1.54, 1.807) is 23.4 Å². The molecule has 1 rings (SSSR count). The highest BCUT2D eigenvalue weighted by molar-refractivity contribution is 5.81. The number of carbonyl (C=O) groups is 1. The molecule has 0 atom stereocenters. The van der Waals surface area contributed by atoms with Gasteiger partial charge in [-0.25, -0.2) is 4.98 Å². The molecule has 1 aromatic heterocycles. The monoisotopic (exact) mass is 182 g/mol. The van der Waals surface area contributed by atoms with Crippen LogP contribution >= 0.6 is 0 Å². The Hall–Kier alpha value is -1.32. The first-order valence-electron chi connectivity index (χ1n) is 4.67. The van der Waals surface area contributed by atoms with Crippen LogP contribution in [0.2, 0.25) is 0 Å². The number of nitrogens with zero attached hydrogens (tertiary/aromatic N) is 1. The molecule has 0 unspecified atom stereocenters. The highest BCUT2D eigenvalue weighted by Crippen LogP contribution is 1.97. The van der Waals surface area contributed by atoms with Crippen LogP contribution in [0.3, 0.4) is 0 Å². The Morgan fingerprint density at radius 3 is 3.00 bits per heavy atom. The van der Waals surface area contributed by atoms with Crippen LogP contribution in [0.1, 0.15) is 32.6 Å². The molecule has 0 saturated heterocycles. The second-order valence-corrected chi connectivity index (χ2v) is 3.01. The van der Waals surface area contributed by atoms with Gasteiger partial charge in [-0.2, -0.15) is 5.43 Å². The lowest BCUT2D eigenvalue weighted by Crippen LogP contribution is -2.46. The Labute approximate surface area is 77.9 Å². The first kappa shape index (κ1) is 9.77. The van der Waals surface area contributed by atoms with E-state index in [2.05, 4.69) is 17.3 Å². The molecule has 0 spiro atoms. The summed E-state index contributed by atoms with van der Waals surface area (Å²) in [4.78, 5) is 14.1. The lowest BCUT2D eigenvalue weighted by atomic mass is 10.2. The molecule has 0 radical (unpaired) electrons. The fraction of sp³-hybridized carbons (Fsp3) is 0.556. The van der Waals surface area contributed by atoms with Crippen molar-refractivity contribution in [1.29, 1.82) is 0 Å². The van der Waals surface area contributed by atoms with Crippen molar-refractivity contribution >= 4 is 5.91 Å². The molecular weight excluding hydrogens is 166 g/mol. The van der Waals surface area contributed by atoms with Gasteiger partial charge >= 0.3 is 0 Å². The van der Waals surface area contributed by atoms with Crippen molar-refractivity contribution in [3.8, 4) is 0 Å². The summed E-state index contributed by atoms with van der Waals surface area (Å²) in [6.45, 7) is 2.12. The Morgan fingerprint density at radius 2 is 2.38 bits per heavy atom. The summed E-state index contributed by atoms with van der Waals surface area (Å²) in [5.74, 6) is 0.0676. The Morgan fingerprint density at radius 1 is 1.54 bits per heavy atom. The van der Waals surface area contributed by atoms with E-state index >= 15 is 0 Å². The van der Waals surface area contributed by atoms with E-state index in [1.807, 2.05) is 0 Å². The van der Waals surface area contributed by atoms with Gasteiger partial charge in [0.25, 0.3) is 12.2 Å². The molecule has 4 heteroatoms. The largest absolute Gasteiger partial charge is 0.272 e. The zero-order valence-corrected chi connectivity index (χ0v) is 7.92. The summed E-state index contributed by atoms with van der Waals surface area (Å²) in [7, 11) is 0. The van der Waals surface area contributed by atoms with Crippen LogP contribution in [0.4, 0.5) is 0 Å². The van der Waals surface area contributed by atoms with Crippen molar-refractivity contribution in [3.05, 3.63) is 18.7 Å². The van der Waals surface area contributed by atoms with Gasteiger partial charge in [0.1, 0.15) is 6.20 Å². The lowest BCUT2D eigenvalue weighted by Gasteiger charge is -1.98. The topological polar surface area (TPSA) is 48.8 Å². The minimum Gasteiger partial charge on any atom is -0.272 e. The number of carbonyl (C=O) groups excluding carboxylic acids is 1. The third-order valence-corrected chi connectivity index (χ3v) is 1.81. The van der Waals surface area contributed by atoms with Crippen molar-refractivity contribution in [2.75, 3.05) is 5.43 Å². The number of unbranched alkanes of at least 4 members (excludes halogenated alkanes) is 2. The first-order chi connectivity index (χ1) is 6.33. The van der Waals surface area contributed by atoms with E-state index in [-0.39, 0.29) is 5.91 Å². The summed E-state index contributed by atoms with van der Waals surface area (Å²) in [6.07, 6.45) is 9.04. The summed E-state index contributed by atoms with van der Waals surface area (Å²) in [5.41, 5.74) is 2.73. The number of hydrogen-bond acceptors (Lipinski definition) is 1. The van der Waals surface area contributed by atoms with E-state index in [1.165, 1.54) is 0 Å². The average Bonchev–Trinajstić information content (AvgIpc) is 2.57. The Balaban J connectivity index is 2.18. The van der Waals surface area contributed by atoms with Crippen LogP contribution in [0.25, 0.3) is 0 Å². The maximum absolute atomic E-state index is 11.2. The minimum atomic E-state index is 0.0676. The number of nitrogens with one attached hydrogen (secondary N) is 2. The quantitative estimate of drug-likeness (QED) is 0.517. The molecule has 4 nitrogen and oxygen atoms in total. The maximum Gasteiger partial charge on any atom is 0.265 e. The third kappa shape index (κ3) is 3.73. The maximum atomic E-state index is 11.2. The summed E-state index contributed by atoms with van der Waals surface area (Å²) in [6, 6.07) is 0. The fourth-order valence-electron chi connectivity index (χ4n) is 1.09. The number of H-pyrrole nitrogens is 1. The number of aromatic nitrogens is 2. The van der Waals surface area contributed by atoms with Crippen molar-refractivity contribution in [1.82, 2.24) is 4.98 Å². The van der Waals surface area contributed by atoms with Gasteiger partial charge in [0, 0.05) is 6.42 Å². The first-order valence-corrected chi connectivity index (χ1v) is 4.67. The van der Waals surface area contributed by atoms with Gasteiger partial charge in [-0.3, -0.25) is 4.79 Å². The van der Waals surface area contributed by atoms with E-state index in [0.29, 0.717) is 6.42 Å². The average molecular weight is 182 g/mol. The molecule has 0 bridgehead atoms. The molecule has 72 valence electrons. The second-order valence-electron chi connectivity index (χ2n) is 3.01. The molecule has 13 heavy (non-hydrogen) atoms. The van der Waals surface area contributed by atoms with Crippen molar-refractivity contribution in [3.63, 3.8) is 0 Å². The van der Waals surface area contributed by atoms with Crippen LogP contribution < -0.4 is 10.1 Å². The zero-order chi connectivity index (χ0) is 9.52. The molecule has 1 aromatic rings. The van der Waals surface area contributed by atoms with Crippen molar-refractivity contribution < 1.29 is 9.47 Å². The van der Waals surface area contributed by atoms with Crippen LogP contribution in [-0.2, 0) is 4.79 Å². The SMILES string of the molecule is CCCCCC(=O)N[n+]1cc[nH]c1. The molecule has 1 heterocycles. The molecule has 0 aliphatic rings. The molecular formula is C9H16N3O+. The second kappa shape index (κ2) is 5.35. The summed E-state index contributed by atoms with van der Waals surface area (Å²) < 4.78 is 1.62. The van der Waals surface area contributed by atoms with Gasteiger partial charge in [0.2, 0.25) is 0 Å². The van der Waals surface area contributed by atoms with E-state index in [9.17, 15) is 4.79 Å². The van der Waals surface area contributed by atoms with Crippen LogP contribution in [0, 0.1) is 0 Å². The molecule has 0 aromatic carbocycles. The Kier molecular flexibility index (Phi) is 4.02. The van der Waals surface area contributed by atoms with Gasteiger partial charge in [-0.05, 0) is 6.42 Å². The van der Waals surface area contributed by atoms with Gasteiger partial charge in [-0.1, -0.05) is 19.8 Å². The molecule has 1 amide bonds. The van der Waals surface area contributed by atoms with Gasteiger partial charge < -0.3 is 0 Å². The highest BCUT2D eigenvalue weighted by Gasteiger charge is 2.03. The van der Waals surface area contributed by atoms with E-state index in [4.69, 9.17) is 0 Å². The number of hydrogen-bond donors (Lipinski definition) is 2. The standard InChI is InChI=1S/C9H15N3O/c1-2-3-4-5-9(13)11-12-7-6-10-8-12/h6-8H,2-5H2,1H3,(H,11,13)/p+1.